The Bertz CT molecular complexity index is 762. The van der Waals surface area contributed by atoms with E-state index in [9.17, 15) is 9.59 Å². The smallest absolute Gasteiger partial charge is 0.253 e. The van der Waals surface area contributed by atoms with Crippen LogP contribution in [0.3, 0.4) is 0 Å². The first-order valence-corrected chi connectivity index (χ1v) is 7.47. The summed E-state index contributed by atoms with van der Waals surface area (Å²) in [5.74, 6) is 2.08. The molecule has 0 aliphatic carbocycles. The topological polar surface area (TPSA) is 92.7 Å². The normalized spacial score (nSPS) is 16.5. The highest BCUT2D eigenvalue weighted by molar-refractivity contribution is 5.95. The molecule has 0 saturated heterocycles. The number of aromatic nitrogens is 4. The lowest BCUT2D eigenvalue weighted by atomic mass is 10.1. The van der Waals surface area contributed by atoms with Crippen molar-refractivity contribution in [2.75, 3.05) is 6.54 Å². The maximum Gasteiger partial charge on any atom is 0.253 e. The zero-order valence-electron chi connectivity index (χ0n) is 12.7. The van der Waals surface area contributed by atoms with Crippen LogP contribution in [0.15, 0.2) is 16.9 Å². The van der Waals surface area contributed by atoms with Crippen molar-refractivity contribution in [3.8, 4) is 0 Å². The second-order valence-electron chi connectivity index (χ2n) is 5.62. The number of aromatic amines is 1. The molecule has 0 spiro atoms. The van der Waals surface area contributed by atoms with E-state index in [2.05, 4.69) is 25.1 Å². The summed E-state index contributed by atoms with van der Waals surface area (Å²) in [7, 11) is 0. The van der Waals surface area contributed by atoms with Crippen LogP contribution in [0.4, 0.5) is 0 Å². The van der Waals surface area contributed by atoms with Gasteiger partial charge in [0.05, 0.1) is 5.56 Å². The van der Waals surface area contributed by atoms with Gasteiger partial charge in [0, 0.05) is 37.2 Å². The molecule has 2 aromatic rings. The Balaban J connectivity index is 1.63. The molecule has 0 saturated carbocycles. The van der Waals surface area contributed by atoms with Crippen LogP contribution in [0.2, 0.25) is 0 Å². The number of aryl methyl sites for hydroxylation is 2. The van der Waals surface area contributed by atoms with Gasteiger partial charge in [0.1, 0.15) is 11.6 Å². The van der Waals surface area contributed by atoms with Crippen LogP contribution in [0, 0.1) is 12.8 Å². The number of nitrogens with one attached hydrogen (secondary N) is 2. The number of amides is 1. The van der Waals surface area contributed by atoms with Gasteiger partial charge in [-0.3, -0.25) is 9.59 Å². The molecule has 116 valence electrons. The minimum absolute atomic E-state index is 0.146. The van der Waals surface area contributed by atoms with Crippen molar-refractivity contribution in [3.63, 3.8) is 0 Å². The molecule has 0 fully saturated rings. The molecule has 0 radical (unpaired) electrons. The molecule has 7 heteroatoms. The third kappa shape index (κ3) is 2.66. The molecule has 3 heterocycles. The second kappa shape index (κ2) is 5.75. The van der Waals surface area contributed by atoms with Gasteiger partial charge in [0.2, 0.25) is 5.56 Å². The number of carbonyl (C=O) groups is 1. The number of carbonyl (C=O) groups excluding carboxylic acids is 1. The van der Waals surface area contributed by atoms with Gasteiger partial charge in [-0.1, -0.05) is 6.92 Å². The van der Waals surface area contributed by atoms with Gasteiger partial charge in [-0.25, -0.2) is 0 Å². The Hall–Kier alpha value is -2.44. The lowest BCUT2D eigenvalue weighted by Crippen LogP contribution is -2.31. The van der Waals surface area contributed by atoms with E-state index in [1.807, 2.05) is 13.8 Å². The lowest BCUT2D eigenvalue weighted by Gasteiger charge is -2.12. The molecular formula is C15H19N5O2. The molecule has 22 heavy (non-hydrogen) atoms. The number of hydrogen-bond donors (Lipinski definition) is 2. The fraction of sp³-hybridized carbons (Fsp3) is 0.467. The predicted octanol–water partition coefficient (Wildman–Crippen LogP) is 0.440. The minimum atomic E-state index is -0.183. The van der Waals surface area contributed by atoms with E-state index in [0.717, 1.165) is 24.6 Å². The van der Waals surface area contributed by atoms with Crippen molar-refractivity contribution in [1.82, 2.24) is 25.1 Å². The summed E-state index contributed by atoms with van der Waals surface area (Å²) in [5, 5.41) is 11.1. The zero-order valence-corrected chi connectivity index (χ0v) is 12.7. The van der Waals surface area contributed by atoms with Crippen LogP contribution in [-0.4, -0.2) is 32.2 Å². The Labute approximate surface area is 127 Å². The van der Waals surface area contributed by atoms with Crippen molar-refractivity contribution in [1.29, 1.82) is 0 Å². The van der Waals surface area contributed by atoms with Gasteiger partial charge in [0.25, 0.3) is 5.91 Å². The van der Waals surface area contributed by atoms with Crippen molar-refractivity contribution < 1.29 is 4.79 Å². The molecule has 2 N–H and O–H groups in total. The lowest BCUT2D eigenvalue weighted by molar-refractivity contribution is 0.0945. The number of nitrogens with zero attached hydrogens (tertiary/aromatic N) is 3. The van der Waals surface area contributed by atoms with Gasteiger partial charge in [-0.15, -0.1) is 10.2 Å². The van der Waals surface area contributed by atoms with Crippen LogP contribution >= 0.6 is 0 Å². The molecule has 0 aromatic carbocycles. The van der Waals surface area contributed by atoms with Crippen LogP contribution in [-0.2, 0) is 19.4 Å². The summed E-state index contributed by atoms with van der Waals surface area (Å²) >= 11 is 0. The Morgan fingerprint density at radius 1 is 1.45 bits per heavy atom. The van der Waals surface area contributed by atoms with Crippen LogP contribution in [0.1, 0.15) is 34.6 Å². The van der Waals surface area contributed by atoms with E-state index in [-0.39, 0.29) is 11.5 Å². The Morgan fingerprint density at radius 3 is 3.00 bits per heavy atom. The van der Waals surface area contributed by atoms with Gasteiger partial charge >= 0.3 is 0 Å². The second-order valence-corrected chi connectivity index (χ2v) is 5.62. The maximum atomic E-state index is 12.3. The molecule has 0 bridgehead atoms. The SMILES string of the molecule is CCc1[nH]c(=O)ccc1C(=O)NCC1Cc2nnc(C)n2C1. The number of pyridine rings is 1. The van der Waals surface area contributed by atoms with Crippen molar-refractivity contribution in [2.24, 2.45) is 5.92 Å². The molecule has 1 amide bonds. The summed E-state index contributed by atoms with van der Waals surface area (Å²) in [6, 6.07) is 2.97. The number of hydrogen-bond acceptors (Lipinski definition) is 4. The quantitative estimate of drug-likeness (QED) is 0.857. The third-order valence-corrected chi connectivity index (χ3v) is 4.07. The van der Waals surface area contributed by atoms with Crippen molar-refractivity contribution in [2.45, 2.75) is 33.2 Å². The molecule has 1 atom stereocenters. The number of rotatable bonds is 4. The van der Waals surface area contributed by atoms with Gasteiger partial charge < -0.3 is 14.9 Å². The predicted molar refractivity (Wildman–Crippen MR) is 80.7 cm³/mol. The summed E-state index contributed by atoms with van der Waals surface area (Å²) in [5.41, 5.74) is 1.03. The van der Waals surface area contributed by atoms with E-state index in [4.69, 9.17) is 0 Å². The molecule has 1 unspecified atom stereocenters. The highest BCUT2D eigenvalue weighted by Gasteiger charge is 2.25. The maximum absolute atomic E-state index is 12.3. The number of H-pyrrole nitrogens is 1. The van der Waals surface area contributed by atoms with Crippen molar-refractivity contribution >= 4 is 5.91 Å². The van der Waals surface area contributed by atoms with Gasteiger partial charge in [0.15, 0.2) is 0 Å². The van der Waals surface area contributed by atoms with E-state index in [0.29, 0.717) is 30.1 Å². The Morgan fingerprint density at radius 2 is 2.27 bits per heavy atom. The molecule has 1 aliphatic heterocycles. The molecule has 1 aliphatic rings. The average Bonchev–Trinajstić information content (AvgIpc) is 3.06. The zero-order chi connectivity index (χ0) is 15.7. The fourth-order valence-corrected chi connectivity index (χ4v) is 2.87. The van der Waals surface area contributed by atoms with Gasteiger partial charge in [-0.2, -0.15) is 0 Å². The standard InChI is InChI=1S/C15H19N5O2/c1-3-12-11(4-5-14(21)17-12)15(22)16-7-10-6-13-19-18-9(2)20(13)8-10/h4-5,10H,3,6-8H2,1-2H3,(H,16,22)(H,17,21). The Kier molecular flexibility index (Phi) is 3.79. The molecule has 2 aromatic heterocycles. The first-order valence-electron chi connectivity index (χ1n) is 7.47. The van der Waals surface area contributed by atoms with Crippen LogP contribution in [0.25, 0.3) is 0 Å². The van der Waals surface area contributed by atoms with Crippen LogP contribution in [0.5, 0.6) is 0 Å². The van der Waals surface area contributed by atoms with Crippen LogP contribution < -0.4 is 10.9 Å². The summed E-state index contributed by atoms with van der Waals surface area (Å²) in [4.78, 5) is 26.3. The highest BCUT2D eigenvalue weighted by Crippen LogP contribution is 2.19. The van der Waals surface area contributed by atoms with Gasteiger partial charge in [-0.05, 0) is 19.4 Å². The fourth-order valence-electron chi connectivity index (χ4n) is 2.87. The van der Waals surface area contributed by atoms with E-state index in [1.165, 1.54) is 6.07 Å². The monoisotopic (exact) mass is 301 g/mol. The van der Waals surface area contributed by atoms with E-state index in [1.54, 1.807) is 6.07 Å². The summed E-state index contributed by atoms with van der Waals surface area (Å²) in [6.07, 6.45) is 1.44. The third-order valence-electron chi connectivity index (χ3n) is 4.07. The minimum Gasteiger partial charge on any atom is -0.352 e. The highest BCUT2D eigenvalue weighted by atomic mass is 16.1. The first-order chi connectivity index (χ1) is 10.6. The van der Waals surface area contributed by atoms with Crippen molar-refractivity contribution in [3.05, 3.63) is 45.4 Å². The first kappa shape index (κ1) is 14.5. The van der Waals surface area contributed by atoms with E-state index < -0.39 is 0 Å². The summed E-state index contributed by atoms with van der Waals surface area (Å²) in [6.45, 7) is 5.27. The van der Waals surface area contributed by atoms with E-state index >= 15 is 0 Å². The average molecular weight is 301 g/mol. The molecule has 7 nitrogen and oxygen atoms in total. The molecule has 3 rings (SSSR count). The number of fused-ring (bicyclic) bond motifs is 1. The summed E-state index contributed by atoms with van der Waals surface area (Å²) < 4.78 is 2.09. The largest absolute Gasteiger partial charge is 0.352 e. The molecular weight excluding hydrogens is 282 g/mol.